The first-order valence-corrected chi connectivity index (χ1v) is 4.27. The Bertz CT molecular complexity index is 139. The Labute approximate surface area is 73.3 Å². The number of carbonyl (C=O) groups is 1. The van der Waals surface area contributed by atoms with Crippen molar-refractivity contribution in [2.75, 3.05) is 13.2 Å². The maximum Gasteiger partial charge on any atom is 0.314 e. The molecule has 3 N–H and O–H groups in total. The fourth-order valence-electron chi connectivity index (χ4n) is 0.719. The van der Waals surface area contributed by atoms with Crippen LogP contribution in [0.3, 0.4) is 0 Å². The Morgan fingerprint density at radius 1 is 1.50 bits per heavy atom. The lowest BCUT2D eigenvalue weighted by Gasteiger charge is -2.19. The van der Waals surface area contributed by atoms with E-state index in [1.54, 1.807) is 0 Å². The molecule has 0 aliphatic heterocycles. The van der Waals surface area contributed by atoms with Crippen LogP contribution in [-0.4, -0.2) is 30.3 Å². The normalized spacial score (nSPS) is 15.0. The van der Waals surface area contributed by atoms with Gasteiger partial charge in [-0.05, 0) is 19.8 Å². The molecule has 0 aliphatic carbocycles. The quantitative estimate of drug-likeness (QED) is 0.575. The smallest absolute Gasteiger partial charge is 0.314 e. The van der Waals surface area contributed by atoms with Gasteiger partial charge in [0, 0.05) is 19.2 Å². The zero-order valence-corrected chi connectivity index (χ0v) is 7.92. The van der Waals surface area contributed by atoms with Gasteiger partial charge in [-0.15, -0.1) is 0 Å². The number of carbonyl (C=O) groups excluding carboxylic acids is 1. The van der Waals surface area contributed by atoms with E-state index in [0.29, 0.717) is 6.54 Å². The number of rotatable bonds is 4. The molecule has 0 aromatic rings. The maximum atomic E-state index is 11.0. The Morgan fingerprint density at radius 2 is 2.08 bits per heavy atom. The van der Waals surface area contributed by atoms with Crippen LogP contribution in [0.25, 0.3) is 0 Å². The van der Waals surface area contributed by atoms with Crippen molar-refractivity contribution in [3.8, 4) is 0 Å². The second-order valence-electron chi connectivity index (χ2n) is 2.95. The van der Waals surface area contributed by atoms with Crippen molar-refractivity contribution in [2.45, 2.75) is 26.8 Å². The molecule has 0 bridgehead atoms. The molecule has 0 saturated carbocycles. The molecule has 0 aliphatic rings. The van der Waals surface area contributed by atoms with Crippen molar-refractivity contribution in [2.24, 2.45) is 5.92 Å². The summed E-state index contributed by atoms with van der Waals surface area (Å²) < 4.78 is 0. The minimum atomic E-state index is -0.176. The molecule has 0 rings (SSSR count). The van der Waals surface area contributed by atoms with Crippen LogP contribution in [-0.2, 0) is 0 Å². The van der Waals surface area contributed by atoms with Gasteiger partial charge in [-0.3, -0.25) is 0 Å². The maximum absolute atomic E-state index is 11.0. The molecule has 0 saturated heterocycles. The number of hydrogen-bond acceptors (Lipinski definition) is 2. The van der Waals surface area contributed by atoms with Crippen LogP contribution in [0.15, 0.2) is 0 Å². The van der Waals surface area contributed by atoms with E-state index in [9.17, 15) is 4.79 Å². The molecule has 72 valence electrons. The number of aliphatic hydroxyl groups excluding tert-OH is 1. The predicted molar refractivity (Wildman–Crippen MR) is 47.9 cm³/mol. The molecule has 0 spiro atoms. The Kier molecular flexibility index (Phi) is 5.45. The fraction of sp³-hybridized carbons (Fsp3) is 0.875. The van der Waals surface area contributed by atoms with E-state index in [4.69, 9.17) is 5.11 Å². The fourth-order valence-corrected chi connectivity index (χ4v) is 0.719. The van der Waals surface area contributed by atoms with Crippen LogP contribution in [0.2, 0.25) is 0 Å². The second-order valence-corrected chi connectivity index (χ2v) is 2.95. The zero-order chi connectivity index (χ0) is 9.56. The van der Waals surface area contributed by atoms with Crippen molar-refractivity contribution in [1.82, 2.24) is 10.6 Å². The van der Waals surface area contributed by atoms with E-state index in [1.807, 2.05) is 20.8 Å². The summed E-state index contributed by atoms with van der Waals surface area (Å²) in [6.07, 6.45) is 0. The number of amides is 2. The minimum Gasteiger partial charge on any atom is -0.396 e. The van der Waals surface area contributed by atoms with Gasteiger partial charge in [-0.1, -0.05) is 6.92 Å². The van der Waals surface area contributed by atoms with Crippen molar-refractivity contribution in [3.05, 3.63) is 0 Å². The van der Waals surface area contributed by atoms with Gasteiger partial charge in [0.1, 0.15) is 0 Å². The van der Waals surface area contributed by atoms with Crippen LogP contribution in [0.5, 0.6) is 0 Å². The number of urea groups is 1. The van der Waals surface area contributed by atoms with Gasteiger partial charge >= 0.3 is 6.03 Å². The number of aliphatic hydroxyl groups is 1. The third-order valence-electron chi connectivity index (χ3n) is 1.84. The van der Waals surface area contributed by atoms with E-state index in [1.165, 1.54) is 0 Å². The summed E-state index contributed by atoms with van der Waals surface area (Å²) in [6.45, 7) is 6.33. The molecule has 0 heterocycles. The largest absolute Gasteiger partial charge is 0.396 e. The highest BCUT2D eigenvalue weighted by Gasteiger charge is 2.12. The first-order valence-electron chi connectivity index (χ1n) is 4.27. The lowest BCUT2D eigenvalue weighted by molar-refractivity contribution is 0.200. The van der Waals surface area contributed by atoms with Gasteiger partial charge in [-0.2, -0.15) is 0 Å². The van der Waals surface area contributed by atoms with Crippen molar-refractivity contribution in [3.63, 3.8) is 0 Å². The van der Waals surface area contributed by atoms with Crippen LogP contribution in [0.1, 0.15) is 20.8 Å². The third kappa shape index (κ3) is 4.18. The van der Waals surface area contributed by atoms with Gasteiger partial charge < -0.3 is 15.7 Å². The van der Waals surface area contributed by atoms with Gasteiger partial charge in [0.2, 0.25) is 0 Å². The minimum absolute atomic E-state index is 0.00144. The van der Waals surface area contributed by atoms with E-state index in [0.717, 1.165) is 0 Å². The van der Waals surface area contributed by atoms with Gasteiger partial charge in [-0.25, -0.2) is 4.79 Å². The summed E-state index contributed by atoms with van der Waals surface area (Å²) >= 11 is 0. The predicted octanol–water partition coefficient (Wildman–Crippen LogP) is 0.322. The lowest BCUT2D eigenvalue weighted by Crippen LogP contribution is -2.44. The number of nitrogens with one attached hydrogen (secondary N) is 2. The average molecular weight is 174 g/mol. The van der Waals surface area contributed by atoms with Crippen LogP contribution >= 0.6 is 0 Å². The molecule has 0 radical (unpaired) electrons. The van der Waals surface area contributed by atoms with E-state index in [-0.39, 0.29) is 24.6 Å². The number of hydrogen-bond donors (Lipinski definition) is 3. The van der Waals surface area contributed by atoms with Crippen molar-refractivity contribution in [1.29, 1.82) is 0 Å². The van der Waals surface area contributed by atoms with Crippen molar-refractivity contribution >= 4 is 6.03 Å². The van der Waals surface area contributed by atoms with E-state index in [2.05, 4.69) is 10.6 Å². The SMILES string of the molecule is CCNC(=O)NC(C)C(C)CO. The Hall–Kier alpha value is -0.770. The van der Waals surface area contributed by atoms with Crippen molar-refractivity contribution < 1.29 is 9.90 Å². The zero-order valence-electron chi connectivity index (χ0n) is 7.92. The monoisotopic (exact) mass is 174 g/mol. The van der Waals surface area contributed by atoms with Crippen LogP contribution in [0, 0.1) is 5.92 Å². The molecule has 4 heteroatoms. The Morgan fingerprint density at radius 3 is 2.50 bits per heavy atom. The summed E-state index contributed by atoms with van der Waals surface area (Å²) in [5, 5.41) is 14.1. The highest BCUT2D eigenvalue weighted by molar-refractivity contribution is 5.74. The van der Waals surface area contributed by atoms with Gasteiger partial charge in [0.25, 0.3) is 0 Å². The van der Waals surface area contributed by atoms with Crippen LogP contribution in [0.4, 0.5) is 4.79 Å². The highest BCUT2D eigenvalue weighted by Crippen LogP contribution is 1.99. The summed E-state index contributed by atoms with van der Waals surface area (Å²) in [4.78, 5) is 11.0. The molecule has 0 aromatic heterocycles. The first-order chi connectivity index (χ1) is 5.61. The molecule has 2 unspecified atom stereocenters. The summed E-state index contributed by atoms with van der Waals surface area (Å²) in [5.41, 5.74) is 0. The van der Waals surface area contributed by atoms with Gasteiger partial charge in [0.05, 0.1) is 0 Å². The first kappa shape index (κ1) is 11.2. The lowest BCUT2D eigenvalue weighted by atomic mass is 10.1. The third-order valence-corrected chi connectivity index (χ3v) is 1.84. The average Bonchev–Trinajstić information content (AvgIpc) is 2.03. The summed E-state index contributed by atoms with van der Waals surface area (Å²) in [7, 11) is 0. The van der Waals surface area contributed by atoms with E-state index >= 15 is 0 Å². The highest BCUT2D eigenvalue weighted by atomic mass is 16.3. The van der Waals surface area contributed by atoms with Crippen LogP contribution < -0.4 is 10.6 Å². The topological polar surface area (TPSA) is 61.4 Å². The Balaban J connectivity index is 3.67. The molecule has 0 fully saturated rings. The molecule has 2 atom stereocenters. The molecule has 4 nitrogen and oxygen atoms in total. The van der Waals surface area contributed by atoms with Gasteiger partial charge in [0.15, 0.2) is 0 Å². The molecule has 0 aromatic carbocycles. The molecule has 2 amide bonds. The second kappa shape index (κ2) is 5.83. The summed E-state index contributed by atoms with van der Waals surface area (Å²) in [6, 6.07) is -0.174. The molecular weight excluding hydrogens is 156 g/mol. The molecular formula is C8H18N2O2. The summed E-state index contributed by atoms with van der Waals surface area (Å²) in [5.74, 6) is 0.0904. The standard InChI is InChI=1S/C8H18N2O2/c1-4-9-8(12)10-7(3)6(2)5-11/h6-7,11H,4-5H2,1-3H3,(H2,9,10,12). The molecule has 12 heavy (non-hydrogen) atoms. The van der Waals surface area contributed by atoms with E-state index < -0.39 is 0 Å².